The van der Waals surface area contributed by atoms with E-state index in [2.05, 4.69) is 12.6 Å². The van der Waals surface area contributed by atoms with E-state index in [9.17, 15) is 13.2 Å². The molecule has 0 bridgehead atoms. The van der Waals surface area contributed by atoms with E-state index in [4.69, 9.17) is 0 Å². The van der Waals surface area contributed by atoms with Crippen molar-refractivity contribution in [2.75, 3.05) is 0 Å². The van der Waals surface area contributed by atoms with E-state index in [0.717, 1.165) is 6.07 Å². The van der Waals surface area contributed by atoms with Crippen LogP contribution in [0.2, 0.25) is 0 Å². The van der Waals surface area contributed by atoms with Gasteiger partial charge in [0, 0.05) is 5.56 Å². The fourth-order valence-corrected chi connectivity index (χ4v) is 0.807. The molecule has 1 rings (SSSR count). The molecule has 0 nitrogen and oxygen atoms in total. The maximum absolute atomic E-state index is 12.8. The molecule has 0 aromatic heterocycles. The van der Waals surface area contributed by atoms with Gasteiger partial charge in [-0.2, -0.15) is 0 Å². The van der Waals surface area contributed by atoms with Gasteiger partial charge in [0.2, 0.25) is 0 Å². The summed E-state index contributed by atoms with van der Waals surface area (Å²) in [6.07, 6.45) is 1.54. The summed E-state index contributed by atoms with van der Waals surface area (Å²) < 4.78 is 37.6. The highest BCUT2D eigenvalue weighted by Crippen LogP contribution is 2.14. The summed E-state index contributed by atoms with van der Waals surface area (Å²) in [4.78, 5) is 0. The van der Waals surface area contributed by atoms with Crippen LogP contribution in [0.25, 0.3) is 0 Å². The lowest BCUT2D eigenvalue weighted by atomic mass is 10.1. The number of rotatable bonds is 2. The van der Waals surface area contributed by atoms with Crippen LogP contribution in [0.5, 0.6) is 0 Å². The molecule has 0 aliphatic rings. The zero-order valence-corrected chi connectivity index (χ0v) is 6.20. The average molecular weight is 171 g/mol. The van der Waals surface area contributed by atoms with Crippen molar-refractivity contribution in [2.45, 2.75) is 6.42 Å². The minimum atomic E-state index is -1.45. The van der Waals surface area contributed by atoms with Crippen molar-refractivity contribution in [3.8, 4) is 0 Å². The summed E-state index contributed by atoms with van der Waals surface area (Å²) in [7, 11) is 0. The van der Waals surface area contributed by atoms with Crippen molar-refractivity contribution in [3.63, 3.8) is 0 Å². The first-order valence-electron chi connectivity index (χ1n) is 3.31. The molecule has 0 heterocycles. The Morgan fingerprint density at radius 3 is 2.58 bits per heavy atom. The molecule has 1 aromatic rings. The van der Waals surface area contributed by atoms with E-state index in [1.165, 1.54) is 6.08 Å². The molecule has 0 aliphatic carbocycles. The predicted octanol–water partition coefficient (Wildman–Crippen LogP) is 2.63. The Morgan fingerprint density at radius 1 is 1.33 bits per heavy atom. The predicted molar refractivity (Wildman–Crippen MR) is 39.1 cm³/mol. The minimum Gasteiger partial charge on any atom is -0.204 e. The van der Waals surface area contributed by atoms with Crippen LogP contribution < -0.4 is 0 Å². The molecule has 63 valence electrons. The fraction of sp³-hybridized carbons (Fsp3) is 0.111. The molecule has 0 saturated carbocycles. The lowest BCUT2D eigenvalue weighted by molar-refractivity contribution is 0.442. The summed E-state index contributed by atoms with van der Waals surface area (Å²) in [5.41, 5.74) is -0.0103. The van der Waals surface area contributed by atoms with E-state index in [0.29, 0.717) is 0 Å². The van der Waals surface area contributed by atoms with Gasteiger partial charge in [0.25, 0.3) is 0 Å². The second-order valence-corrected chi connectivity index (χ2v) is 2.24. The Balaban J connectivity index is 3.16. The zero-order valence-electron chi connectivity index (χ0n) is 6.20. The molecule has 1 aromatic carbocycles. The zero-order chi connectivity index (χ0) is 9.14. The lowest BCUT2D eigenvalue weighted by Crippen LogP contribution is -1.96. The summed E-state index contributed by atoms with van der Waals surface area (Å²) in [6.45, 7) is 3.35. The van der Waals surface area contributed by atoms with Crippen LogP contribution in [0.3, 0.4) is 0 Å². The van der Waals surface area contributed by atoms with Gasteiger partial charge in [0.15, 0.2) is 17.5 Å². The van der Waals surface area contributed by atoms with Crippen molar-refractivity contribution in [1.29, 1.82) is 0 Å². The summed E-state index contributed by atoms with van der Waals surface area (Å²) in [6, 6.07) is 3.06. The Hall–Kier alpha value is -1.25. The largest absolute Gasteiger partial charge is 0.204 e. The molecule has 0 N–H and O–H groups in total. The highest BCUT2D eigenvalue weighted by atomic mass is 19.2. The number of benzene rings is 1. The fourth-order valence-electron chi connectivity index (χ4n) is 0.807. The van der Waals surface area contributed by atoms with Crippen molar-refractivity contribution in [1.82, 2.24) is 0 Å². The van der Waals surface area contributed by atoms with E-state index >= 15 is 0 Å². The van der Waals surface area contributed by atoms with E-state index in [-0.39, 0.29) is 12.0 Å². The molecule has 12 heavy (non-hydrogen) atoms. The van der Waals surface area contributed by atoms with Gasteiger partial charge in [-0.1, -0.05) is 6.08 Å². The average Bonchev–Trinajstić information content (AvgIpc) is 2.07. The first-order chi connectivity index (χ1) is 5.66. The molecule has 0 amide bonds. The van der Waals surface area contributed by atoms with Gasteiger partial charge in [-0.05, 0) is 18.6 Å². The highest BCUT2D eigenvalue weighted by Gasteiger charge is 2.11. The van der Waals surface area contributed by atoms with Crippen molar-refractivity contribution >= 4 is 0 Å². The van der Waals surface area contributed by atoms with Crippen molar-refractivity contribution in [2.24, 2.45) is 0 Å². The molecular weight excluding hydrogens is 165 g/mol. The van der Waals surface area contributed by atoms with Crippen LogP contribution in [-0.4, -0.2) is 0 Å². The molecule has 0 aliphatic heterocycles. The van der Waals surface area contributed by atoms with Crippen LogP contribution in [0.4, 0.5) is 13.2 Å². The van der Waals surface area contributed by atoms with Gasteiger partial charge in [-0.25, -0.2) is 13.2 Å². The monoisotopic (exact) mass is 171 g/mol. The SMILES string of the molecule is C=CCc1[c]cc(F)c(F)c1F. The second kappa shape index (κ2) is 3.43. The molecule has 1 radical (unpaired) electrons. The molecule has 0 atom stereocenters. The lowest BCUT2D eigenvalue weighted by Gasteiger charge is -1.99. The maximum atomic E-state index is 12.8. The smallest absolute Gasteiger partial charge is 0.194 e. The first-order valence-corrected chi connectivity index (χ1v) is 3.31. The Kier molecular flexibility index (Phi) is 2.53. The number of hydrogen-bond acceptors (Lipinski definition) is 0. The Bertz CT molecular complexity index is 305. The van der Waals surface area contributed by atoms with Gasteiger partial charge < -0.3 is 0 Å². The third kappa shape index (κ3) is 1.49. The normalized spacial score (nSPS) is 9.92. The van der Waals surface area contributed by atoms with Crippen LogP contribution in [0, 0.1) is 23.5 Å². The van der Waals surface area contributed by atoms with E-state index < -0.39 is 17.5 Å². The van der Waals surface area contributed by atoms with Gasteiger partial charge in [-0.15, -0.1) is 6.58 Å². The number of allylic oxidation sites excluding steroid dienone is 1. The molecule has 0 fully saturated rings. The summed E-state index contributed by atoms with van der Waals surface area (Å²) in [5, 5.41) is 0. The van der Waals surface area contributed by atoms with Crippen molar-refractivity contribution in [3.05, 3.63) is 47.8 Å². The molecule has 0 saturated heterocycles. The minimum absolute atomic E-state index is 0.0103. The third-order valence-electron chi connectivity index (χ3n) is 1.39. The van der Waals surface area contributed by atoms with Gasteiger partial charge in [-0.3, -0.25) is 0 Å². The Morgan fingerprint density at radius 2 is 2.00 bits per heavy atom. The first kappa shape index (κ1) is 8.84. The van der Waals surface area contributed by atoms with Gasteiger partial charge in [0.05, 0.1) is 0 Å². The topological polar surface area (TPSA) is 0 Å². The molecular formula is C9H6F3. The highest BCUT2D eigenvalue weighted by molar-refractivity contribution is 5.20. The standard InChI is InChI=1S/C9H6F3/c1-2-3-6-4-5-7(10)9(12)8(6)11/h2,5H,1,3H2. The van der Waals surface area contributed by atoms with Crippen LogP contribution in [0.15, 0.2) is 18.7 Å². The van der Waals surface area contributed by atoms with Gasteiger partial charge >= 0.3 is 0 Å². The van der Waals surface area contributed by atoms with Crippen molar-refractivity contribution < 1.29 is 13.2 Å². The molecule has 0 unspecified atom stereocenters. The maximum Gasteiger partial charge on any atom is 0.194 e. The summed E-state index contributed by atoms with van der Waals surface area (Å²) in [5.74, 6) is -3.86. The Labute approximate surface area is 68.3 Å². The molecule has 3 heteroatoms. The summed E-state index contributed by atoms with van der Waals surface area (Å²) >= 11 is 0. The second-order valence-electron chi connectivity index (χ2n) is 2.24. The number of halogens is 3. The third-order valence-corrected chi connectivity index (χ3v) is 1.39. The van der Waals surface area contributed by atoms with Crippen LogP contribution >= 0.6 is 0 Å². The van der Waals surface area contributed by atoms with Crippen LogP contribution in [-0.2, 0) is 6.42 Å². The quantitative estimate of drug-likeness (QED) is 0.474. The van der Waals surface area contributed by atoms with Crippen LogP contribution in [0.1, 0.15) is 5.56 Å². The van der Waals surface area contributed by atoms with Gasteiger partial charge in [0.1, 0.15) is 0 Å². The number of hydrogen-bond donors (Lipinski definition) is 0. The molecule has 0 spiro atoms. The van der Waals surface area contributed by atoms with E-state index in [1.54, 1.807) is 0 Å². The van der Waals surface area contributed by atoms with E-state index in [1.807, 2.05) is 0 Å².